The number of Topliss-reactive ketones (excluding diaryl/α,β-unsaturated/α-hetero) is 1. The van der Waals surface area contributed by atoms with Gasteiger partial charge in [-0.15, -0.1) is 0 Å². The second-order valence-electron chi connectivity index (χ2n) is 3.84. The van der Waals surface area contributed by atoms with Crippen molar-refractivity contribution in [1.29, 1.82) is 0 Å². The number of hydrogen-bond donors (Lipinski definition) is 0. The molecule has 0 bridgehead atoms. The van der Waals surface area contributed by atoms with Crippen molar-refractivity contribution in [2.24, 2.45) is 0 Å². The predicted octanol–water partition coefficient (Wildman–Crippen LogP) is 2.93. The molecule has 0 N–H and O–H groups in total. The lowest BCUT2D eigenvalue weighted by Crippen LogP contribution is -2.07. The van der Waals surface area contributed by atoms with Crippen LogP contribution in [0.4, 0.5) is 0 Å². The number of carbonyl (C=O) groups excluding carboxylic acids is 1. The summed E-state index contributed by atoms with van der Waals surface area (Å²) in [6.07, 6.45) is 2.59. The van der Waals surface area contributed by atoms with E-state index in [1.54, 1.807) is 0 Å². The normalized spacial score (nSPS) is 10.8. The molecule has 2 heteroatoms. The van der Waals surface area contributed by atoms with Crippen LogP contribution in [0, 0.1) is 6.92 Å². The maximum atomic E-state index is 11.4. The molecule has 0 saturated heterocycles. The summed E-state index contributed by atoms with van der Waals surface area (Å²) in [5.41, 5.74) is 2.41. The molecule has 0 aliphatic heterocycles. The maximum Gasteiger partial charge on any atom is 0.152 e. The molecule has 2 rings (SSSR count). The molecule has 2 aromatic rings. The molecule has 0 saturated carbocycles. The molecular formula is C13H15NO. The number of ketones is 1. The van der Waals surface area contributed by atoms with Crippen LogP contribution in [0.1, 0.15) is 18.9 Å². The monoisotopic (exact) mass is 201 g/mol. The van der Waals surface area contributed by atoms with Gasteiger partial charge in [0, 0.05) is 23.5 Å². The summed E-state index contributed by atoms with van der Waals surface area (Å²) in [7, 11) is 0. The zero-order valence-corrected chi connectivity index (χ0v) is 9.16. The molecule has 0 radical (unpaired) electrons. The Kier molecular flexibility index (Phi) is 2.58. The van der Waals surface area contributed by atoms with Gasteiger partial charge in [-0.1, -0.05) is 19.1 Å². The molecule has 1 aromatic heterocycles. The summed E-state index contributed by atoms with van der Waals surface area (Å²) in [6.45, 7) is 4.48. The van der Waals surface area contributed by atoms with Gasteiger partial charge in [-0.05, 0) is 24.6 Å². The van der Waals surface area contributed by atoms with Crippen LogP contribution in [0.3, 0.4) is 0 Å². The van der Waals surface area contributed by atoms with Crippen molar-refractivity contribution in [2.75, 3.05) is 0 Å². The standard InChI is InChI=1S/C13H15NO/c1-3-11(15)9-14-8-7-12-10(2)5-4-6-13(12)14/h4-8H,3,9H2,1-2H3. The average molecular weight is 201 g/mol. The molecule has 78 valence electrons. The summed E-state index contributed by atoms with van der Waals surface area (Å²) < 4.78 is 2.02. The van der Waals surface area contributed by atoms with Gasteiger partial charge in [0.15, 0.2) is 5.78 Å². The topological polar surface area (TPSA) is 22.0 Å². The van der Waals surface area contributed by atoms with E-state index in [2.05, 4.69) is 25.1 Å². The van der Waals surface area contributed by atoms with Crippen LogP contribution in [0.15, 0.2) is 30.5 Å². The first kappa shape index (κ1) is 9.97. The number of aryl methyl sites for hydroxylation is 1. The lowest BCUT2D eigenvalue weighted by molar-refractivity contribution is -0.119. The van der Waals surface area contributed by atoms with Gasteiger partial charge in [0.2, 0.25) is 0 Å². The van der Waals surface area contributed by atoms with Gasteiger partial charge in [0.25, 0.3) is 0 Å². The van der Waals surface area contributed by atoms with Gasteiger partial charge in [-0.3, -0.25) is 4.79 Å². The van der Waals surface area contributed by atoms with Crippen LogP contribution in [0.2, 0.25) is 0 Å². The van der Waals surface area contributed by atoms with Gasteiger partial charge >= 0.3 is 0 Å². The van der Waals surface area contributed by atoms with Gasteiger partial charge in [-0.25, -0.2) is 0 Å². The molecule has 15 heavy (non-hydrogen) atoms. The summed E-state index contributed by atoms with van der Waals surface area (Å²) >= 11 is 0. The van der Waals surface area contributed by atoms with Gasteiger partial charge in [-0.2, -0.15) is 0 Å². The average Bonchev–Trinajstić information content (AvgIpc) is 2.63. The molecule has 0 unspecified atom stereocenters. The van der Waals surface area contributed by atoms with Crippen LogP contribution in [0.25, 0.3) is 10.9 Å². The van der Waals surface area contributed by atoms with Crippen LogP contribution >= 0.6 is 0 Å². The largest absolute Gasteiger partial charge is 0.340 e. The van der Waals surface area contributed by atoms with Crippen molar-refractivity contribution in [3.63, 3.8) is 0 Å². The van der Waals surface area contributed by atoms with E-state index < -0.39 is 0 Å². The number of rotatable bonds is 3. The van der Waals surface area contributed by atoms with Crippen LogP contribution in [-0.2, 0) is 11.3 Å². The highest BCUT2D eigenvalue weighted by Gasteiger charge is 2.05. The van der Waals surface area contributed by atoms with E-state index in [0.29, 0.717) is 13.0 Å². The van der Waals surface area contributed by atoms with Crippen LogP contribution in [-0.4, -0.2) is 10.4 Å². The zero-order chi connectivity index (χ0) is 10.8. The fraction of sp³-hybridized carbons (Fsp3) is 0.308. The van der Waals surface area contributed by atoms with E-state index in [-0.39, 0.29) is 5.78 Å². The first-order valence-electron chi connectivity index (χ1n) is 5.28. The summed E-state index contributed by atoms with van der Waals surface area (Å²) in [5, 5.41) is 1.24. The second kappa shape index (κ2) is 3.89. The van der Waals surface area contributed by atoms with Crippen molar-refractivity contribution in [1.82, 2.24) is 4.57 Å². The number of fused-ring (bicyclic) bond motifs is 1. The molecule has 0 aliphatic carbocycles. The predicted molar refractivity (Wildman–Crippen MR) is 62.0 cm³/mol. The van der Waals surface area contributed by atoms with Gasteiger partial charge in [0.05, 0.1) is 6.54 Å². The minimum absolute atomic E-state index is 0.272. The molecule has 1 heterocycles. The maximum absolute atomic E-state index is 11.4. The third kappa shape index (κ3) is 1.80. The Hall–Kier alpha value is -1.57. The first-order valence-corrected chi connectivity index (χ1v) is 5.28. The minimum Gasteiger partial charge on any atom is -0.340 e. The fourth-order valence-corrected chi connectivity index (χ4v) is 1.82. The molecule has 0 spiro atoms. The third-order valence-electron chi connectivity index (χ3n) is 2.77. The van der Waals surface area contributed by atoms with E-state index in [4.69, 9.17) is 0 Å². The smallest absolute Gasteiger partial charge is 0.152 e. The van der Waals surface area contributed by atoms with Crippen LogP contribution in [0.5, 0.6) is 0 Å². The number of hydrogen-bond acceptors (Lipinski definition) is 1. The molecule has 1 aromatic carbocycles. The zero-order valence-electron chi connectivity index (χ0n) is 9.16. The highest BCUT2D eigenvalue weighted by Crippen LogP contribution is 2.19. The van der Waals surface area contributed by atoms with Crippen molar-refractivity contribution < 1.29 is 4.79 Å². The second-order valence-corrected chi connectivity index (χ2v) is 3.84. The Morgan fingerprint density at radius 2 is 2.13 bits per heavy atom. The molecule has 2 nitrogen and oxygen atoms in total. The molecule has 0 atom stereocenters. The van der Waals surface area contributed by atoms with E-state index in [9.17, 15) is 4.79 Å². The number of aromatic nitrogens is 1. The molecular weight excluding hydrogens is 186 g/mol. The minimum atomic E-state index is 0.272. The molecule has 0 amide bonds. The summed E-state index contributed by atoms with van der Waals surface area (Å²) in [6, 6.07) is 8.26. The lowest BCUT2D eigenvalue weighted by atomic mass is 10.1. The van der Waals surface area contributed by atoms with E-state index >= 15 is 0 Å². The molecule has 0 aliphatic rings. The SMILES string of the molecule is CCC(=O)Cn1ccc2c(C)cccc21. The molecule has 0 fully saturated rings. The summed E-state index contributed by atoms with van der Waals surface area (Å²) in [5.74, 6) is 0.272. The van der Waals surface area contributed by atoms with E-state index in [1.165, 1.54) is 10.9 Å². The van der Waals surface area contributed by atoms with Gasteiger partial charge < -0.3 is 4.57 Å². The highest BCUT2D eigenvalue weighted by atomic mass is 16.1. The number of benzene rings is 1. The Bertz CT molecular complexity index is 496. The first-order chi connectivity index (χ1) is 7.22. The Labute approximate surface area is 89.5 Å². The van der Waals surface area contributed by atoms with Crippen molar-refractivity contribution in [3.05, 3.63) is 36.0 Å². The quantitative estimate of drug-likeness (QED) is 0.748. The fourth-order valence-electron chi connectivity index (χ4n) is 1.82. The van der Waals surface area contributed by atoms with Crippen molar-refractivity contribution in [3.8, 4) is 0 Å². The lowest BCUT2D eigenvalue weighted by Gasteiger charge is -2.03. The Morgan fingerprint density at radius 1 is 1.33 bits per heavy atom. The van der Waals surface area contributed by atoms with Crippen molar-refractivity contribution >= 4 is 16.7 Å². The number of nitrogens with zero attached hydrogens (tertiary/aromatic N) is 1. The Morgan fingerprint density at radius 3 is 2.87 bits per heavy atom. The van der Waals surface area contributed by atoms with Crippen molar-refractivity contribution in [2.45, 2.75) is 26.8 Å². The summed E-state index contributed by atoms with van der Waals surface area (Å²) in [4.78, 5) is 11.4. The highest BCUT2D eigenvalue weighted by molar-refractivity contribution is 5.86. The number of carbonyl (C=O) groups is 1. The van der Waals surface area contributed by atoms with Gasteiger partial charge in [0.1, 0.15) is 0 Å². The Balaban J connectivity index is 2.45. The van der Waals surface area contributed by atoms with E-state index in [0.717, 1.165) is 5.52 Å². The van der Waals surface area contributed by atoms with Crippen LogP contribution < -0.4 is 0 Å². The third-order valence-corrected chi connectivity index (χ3v) is 2.77. The van der Waals surface area contributed by atoms with E-state index in [1.807, 2.05) is 23.8 Å².